The average Bonchev–Trinajstić information content (AvgIpc) is 3.42. The molecule has 1 atom stereocenters. The van der Waals surface area contributed by atoms with Gasteiger partial charge in [0.1, 0.15) is 11.4 Å². The first-order valence-corrected chi connectivity index (χ1v) is 11.7. The Kier molecular flexibility index (Phi) is 5.07. The number of benzene rings is 1. The minimum absolute atomic E-state index is 0.0327. The van der Waals surface area contributed by atoms with Crippen LogP contribution in [-0.2, 0) is 0 Å². The Hall–Kier alpha value is -3.04. The molecular formula is C22H21N5O2S2. The molecule has 4 heterocycles. The lowest BCUT2D eigenvalue weighted by Gasteiger charge is -2.40. The molecular weight excluding hydrogens is 430 g/mol. The van der Waals surface area contributed by atoms with Crippen LogP contribution >= 0.6 is 22.7 Å². The van der Waals surface area contributed by atoms with Crippen LogP contribution in [0.25, 0.3) is 15.4 Å². The third-order valence-electron chi connectivity index (χ3n) is 5.50. The van der Waals surface area contributed by atoms with E-state index in [1.807, 2.05) is 48.5 Å². The Balaban J connectivity index is 1.30. The lowest BCUT2D eigenvalue weighted by molar-refractivity contribution is 0.0451. The van der Waals surface area contributed by atoms with Crippen LogP contribution < -0.4 is 5.32 Å². The van der Waals surface area contributed by atoms with Crippen LogP contribution in [-0.4, -0.2) is 50.2 Å². The maximum absolute atomic E-state index is 13.3. The van der Waals surface area contributed by atoms with E-state index in [1.165, 1.54) is 22.7 Å². The number of nitrogens with zero attached hydrogens (tertiary/aromatic N) is 4. The molecule has 1 saturated heterocycles. The van der Waals surface area contributed by atoms with Crippen molar-refractivity contribution in [2.45, 2.75) is 26.3 Å². The summed E-state index contributed by atoms with van der Waals surface area (Å²) < 4.78 is 1.77. The number of amides is 2. The number of fused-ring (bicyclic) bond motifs is 1. The molecule has 1 aliphatic heterocycles. The second-order valence-corrected chi connectivity index (χ2v) is 9.71. The number of nitrogens with one attached hydrogen (secondary N) is 1. The van der Waals surface area contributed by atoms with Crippen molar-refractivity contribution >= 4 is 39.4 Å². The third kappa shape index (κ3) is 3.64. The molecule has 7 nitrogen and oxygen atoms in total. The first-order chi connectivity index (χ1) is 15.0. The van der Waals surface area contributed by atoms with Gasteiger partial charge in [0.05, 0.1) is 22.1 Å². The van der Waals surface area contributed by atoms with Crippen LogP contribution in [0, 0.1) is 13.8 Å². The number of imidazole rings is 1. The van der Waals surface area contributed by atoms with E-state index in [9.17, 15) is 9.59 Å². The number of carbonyl (C=O) groups excluding carboxylic acids is 2. The van der Waals surface area contributed by atoms with Crippen LogP contribution in [0.1, 0.15) is 38.0 Å². The highest BCUT2D eigenvalue weighted by molar-refractivity contribution is 7.15. The number of thiazole rings is 2. The Bertz CT molecular complexity index is 1290. The van der Waals surface area contributed by atoms with E-state index < -0.39 is 0 Å². The summed E-state index contributed by atoms with van der Waals surface area (Å²) >= 11 is 3.02. The first-order valence-electron chi connectivity index (χ1n) is 10.1. The topological polar surface area (TPSA) is 79.6 Å². The van der Waals surface area contributed by atoms with Gasteiger partial charge in [0, 0.05) is 24.7 Å². The quantitative estimate of drug-likeness (QED) is 0.501. The molecule has 0 aliphatic carbocycles. The summed E-state index contributed by atoms with van der Waals surface area (Å²) in [5.41, 5.74) is 3.16. The molecule has 9 heteroatoms. The number of aromatic nitrogens is 3. The van der Waals surface area contributed by atoms with Crippen LogP contribution in [0.5, 0.6) is 0 Å². The van der Waals surface area contributed by atoms with Crippen molar-refractivity contribution in [2.24, 2.45) is 0 Å². The van der Waals surface area contributed by atoms with Gasteiger partial charge in [-0.25, -0.2) is 9.97 Å². The number of likely N-dealkylation sites (tertiary alicyclic amines) is 1. The SMILES string of the molecule is Cc1cccc(-c2sc(C)nc2C(=O)N2CC[C@H]2CNC(=O)c2cnc3sccn23)c1. The lowest BCUT2D eigenvalue weighted by Crippen LogP contribution is -2.56. The minimum Gasteiger partial charge on any atom is -0.349 e. The highest BCUT2D eigenvalue weighted by Crippen LogP contribution is 2.33. The van der Waals surface area contributed by atoms with Crippen molar-refractivity contribution in [3.8, 4) is 10.4 Å². The molecule has 158 valence electrons. The molecule has 31 heavy (non-hydrogen) atoms. The summed E-state index contributed by atoms with van der Waals surface area (Å²) in [6, 6.07) is 8.10. The fourth-order valence-electron chi connectivity index (χ4n) is 3.81. The monoisotopic (exact) mass is 451 g/mol. The van der Waals surface area contributed by atoms with E-state index in [1.54, 1.807) is 10.6 Å². The van der Waals surface area contributed by atoms with Gasteiger partial charge in [0.2, 0.25) is 0 Å². The summed E-state index contributed by atoms with van der Waals surface area (Å²) in [5.74, 6) is -0.258. The summed E-state index contributed by atoms with van der Waals surface area (Å²) in [6.07, 6.45) is 4.27. The smallest absolute Gasteiger partial charge is 0.274 e. The largest absolute Gasteiger partial charge is 0.349 e. The predicted molar refractivity (Wildman–Crippen MR) is 122 cm³/mol. The van der Waals surface area contributed by atoms with Gasteiger partial charge in [-0.05, 0) is 25.8 Å². The van der Waals surface area contributed by atoms with Gasteiger partial charge in [-0.3, -0.25) is 14.0 Å². The number of carbonyl (C=O) groups is 2. The summed E-state index contributed by atoms with van der Waals surface area (Å²) in [6.45, 7) is 5.04. The zero-order chi connectivity index (χ0) is 21.5. The molecule has 1 aliphatic rings. The molecule has 0 saturated carbocycles. The maximum Gasteiger partial charge on any atom is 0.274 e. The number of hydrogen-bond acceptors (Lipinski definition) is 6. The Morgan fingerprint density at radius 2 is 2.16 bits per heavy atom. The number of rotatable bonds is 5. The maximum atomic E-state index is 13.3. The van der Waals surface area contributed by atoms with Gasteiger partial charge in [-0.2, -0.15) is 0 Å². The Labute approximate surface area is 187 Å². The van der Waals surface area contributed by atoms with Crippen LogP contribution in [0.4, 0.5) is 0 Å². The fourth-order valence-corrected chi connectivity index (χ4v) is 5.40. The van der Waals surface area contributed by atoms with E-state index in [0.717, 1.165) is 32.4 Å². The van der Waals surface area contributed by atoms with Gasteiger partial charge in [-0.15, -0.1) is 22.7 Å². The Morgan fingerprint density at radius 3 is 2.94 bits per heavy atom. The normalized spacial score (nSPS) is 15.8. The zero-order valence-corrected chi connectivity index (χ0v) is 18.8. The molecule has 5 rings (SSSR count). The predicted octanol–water partition coefficient (Wildman–Crippen LogP) is 3.78. The van der Waals surface area contributed by atoms with E-state index in [-0.39, 0.29) is 17.9 Å². The molecule has 1 N–H and O–H groups in total. The zero-order valence-electron chi connectivity index (χ0n) is 17.2. The van der Waals surface area contributed by atoms with Crippen molar-refractivity contribution in [3.63, 3.8) is 0 Å². The van der Waals surface area contributed by atoms with Gasteiger partial charge >= 0.3 is 0 Å². The molecule has 0 radical (unpaired) electrons. The molecule has 2 amide bonds. The molecule has 1 aromatic carbocycles. The minimum atomic E-state index is -0.185. The second kappa shape index (κ2) is 7.90. The molecule has 0 spiro atoms. The van der Waals surface area contributed by atoms with Crippen molar-refractivity contribution in [1.82, 2.24) is 24.6 Å². The van der Waals surface area contributed by atoms with Gasteiger partial charge in [-0.1, -0.05) is 29.8 Å². The fraction of sp³-hybridized carbons (Fsp3) is 0.273. The standard InChI is InChI=1S/C22H21N5O2S2/c1-13-4-3-5-15(10-13)19-18(25-14(2)31-19)21(29)26-7-6-16(26)11-23-20(28)17-12-24-22-27(17)8-9-30-22/h3-5,8-10,12,16H,6-7,11H2,1-2H3,(H,23,28)/t16-/m0/s1. The molecule has 0 unspecified atom stereocenters. The van der Waals surface area contributed by atoms with E-state index >= 15 is 0 Å². The van der Waals surface area contributed by atoms with Crippen LogP contribution in [0.15, 0.2) is 42.0 Å². The van der Waals surface area contributed by atoms with Crippen molar-refractivity contribution in [1.29, 1.82) is 0 Å². The number of aryl methyl sites for hydroxylation is 2. The van der Waals surface area contributed by atoms with Crippen LogP contribution in [0.3, 0.4) is 0 Å². The van der Waals surface area contributed by atoms with Crippen molar-refractivity contribution in [2.75, 3.05) is 13.1 Å². The van der Waals surface area contributed by atoms with Gasteiger partial charge < -0.3 is 10.2 Å². The van der Waals surface area contributed by atoms with E-state index in [0.29, 0.717) is 24.5 Å². The lowest BCUT2D eigenvalue weighted by atomic mass is 10.0. The molecule has 3 aromatic heterocycles. The van der Waals surface area contributed by atoms with Gasteiger partial charge in [0.25, 0.3) is 11.8 Å². The van der Waals surface area contributed by atoms with Gasteiger partial charge in [0.15, 0.2) is 4.96 Å². The molecule has 4 aromatic rings. The van der Waals surface area contributed by atoms with E-state index in [4.69, 9.17) is 0 Å². The first kappa shape index (κ1) is 19.9. The highest BCUT2D eigenvalue weighted by atomic mass is 32.1. The van der Waals surface area contributed by atoms with E-state index in [2.05, 4.69) is 21.4 Å². The summed E-state index contributed by atoms with van der Waals surface area (Å²) in [5, 5.41) is 5.72. The second-order valence-electron chi connectivity index (χ2n) is 7.63. The molecule has 0 bridgehead atoms. The average molecular weight is 452 g/mol. The Morgan fingerprint density at radius 1 is 1.29 bits per heavy atom. The van der Waals surface area contributed by atoms with Crippen LogP contribution in [0.2, 0.25) is 0 Å². The highest BCUT2D eigenvalue weighted by Gasteiger charge is 2.35. The van der Waals surface area contributed by atoms with Crippen molar-refractivity contribution in [3.05, 3.63) is 64.0 Å². The van der Waals surface area contributed by atoms with Crippen molar-refractivity contribution < 1.29 is 9.59 Å². The number of hydrogen-bond donors (Lipinski definition) is 1. The summed E-state index contributed by atoms with van der Waals surface area (Å²) in [7, 11) is 0. The third-order valence-corrected chi connectivity index (χ3v) is 7.29. The molecule has 1 fully saturated rings. The summed E-state index contributed by atoms with van der Waals surface area (Å²) in [4.78, 5) is 38.2.